The predicted molar refractivity (Wildman–Crippen MR) is 92.3 cm³/mol. The average molecular weight is 317 g/mol. The number of aryl methyl sites for hydroxylation is 1. The van der Waals surface area contributed by atoms with E-state index in [-0.39, 0.29) is 11.2 Å². The first-order valence-corrected chi connectivity index (χ1v) is 8.44. The Balaban J connectivity index is 2.07. The van der Waals surface area contributed by atoms with E-state index in [1.807, 2.05) is 42.9 Å². The molecule has 2 aromatic rings. The van der Waals surface area contributed by atoms with Gasteiger partial charge in [0.2, 0.25) is 5.91 Å². The number of anilines is 1. The Kier molecular flexibility index (Phi) is 5.66. The Morgan fingerprint density at radius 2 is 2.09 bits per heavy atom. The number of nitrogens with zero attached hydrogens (tertiary/aromatic N) is 2. The van der Waals surface area contributed by atoms with Gasteiger partial charge in [-0.25, -0.2) is 4.98 Å². The summed E-state index contributed by atoms with van der Waals surface area (Å²) in [6.07, 6.45) is 4.67. The van der Waals surface area contributed by atoms with Crippen LogP contribution in [-0.2, 0) is 11.8 Å². The van der Waals surface area contributed by atoms with Crippen LogP contribution >= 0.6 is 11.8 Å². The van der Waals surface area contributed by atoms with Crippen molar-refractivity contribution in [3.8, 4) is 0 Å². The summed E-state index contributed by atoms with van der Waals surface area (Å²) in [7, 11) is 1.93. The van der Waals surface area contributed by atoms with Gasteiger partial charge in [0.25, 0.3) is 0 Å². The highest BCUT2D eigenvalue weighted by atomic mass is 32.2. The lowest BCUT2D eigenvalue weighted by Crippen LogP contribution is -2.23. The Morgan fingerprint density at radius 3 is 2.73 bits per heavy atom. The molecule has 0 aliphatic carbocycles. The summed E-state index contributed by atoms with van der Waals surface area (Å²) in [6, 6.07) is 8.03. The van der Waals surface area contributed by atoms with Gasteiger partial charge in [-0.3, -0.25) is 4.79 Å². The predicted octanol–water partition coefficient (Wildman–Crippen LogP) is 4.05. The summed E-state index contributed by atoms with van der Waals surface area (Å²) in [6.45, 7) is 6.24. The Hall–Kier alpha value is -1.75. The number of thioether (sulfide) groups is 1. The molecule has 4 nitrogen and oxygen atoms in total. The maximum absolute atomic E-state index is 12.4. The van der Waals surface area contributed by atoms with Crippen molar-refractivity contribution in [1.82, 2.24) is 9.55 Å². The molecule has 0 bridgehead atoms. The molecule has 0 fully saturated rings. The van der Waals surface area contributed by atoms with Crippen LogP contribution in [0.25, 0.3) is 0 Å². The van der Waals surface area contributed by atoms with Gasteiger partial charge >= 0.3 is 0 Å². The van der Waals surface area contributed by atoms with E-state index in [9.17, 15) is 4.79 Å². The van der Waals surface area contributed by atoms with E-state index in [1.54, 1.807) is 6.20 Å². The van der Waals surface area contributed by atoms with Gasteiger partial charge < -0.3 is 9.88 Å². The molecule has 1 aromatic carbocycles. The normalized spacial score (nSPS) is 13.6. The van der Waals surface area contributed by atoms with E-state index in [0.29, 0.717) is 5.92 Å². The van der Waals surface area contributed by atoms with Crippen LogP contribution in [0.5, 0.6) is 0 Å². The van der Waals surface area contributed by atoms with Gasteiger partial charge in [0, 0.05) is 25.1 Å². The van der Waals surface area contributed by atoms with E-state index in [1.165, 1.54) is 17.3 Å². The minimum atomic E-state index is -0.203. The number of carbonyl (C=O) groups is 1. The molecule has 0 saturated carbocycles. The van der Waals surface area contributed by atoms with Crippen molar-refractivity contribution in [2.45, 2.75) is 43.5 Å². The van der Waals surface area contributed by atoms with Crippen molar-refractivity contribution in [2.24, 2.45) is 7.05 Å². The van der Waals surface area contributed by atoms with Crippen molar-refractivity contribution in [3.63, 3.8) is 0 Å². The molecule has 1 aromatic heterocycles. The van der Waals surface area contributed by atoms with Gasteiger partial charge in [0.05, 0.1) is 5.25 Å². The third-order valence-electron chi connectivity index (χ3n) is 3.79. The zero-order valence-electron chi connectivity index (χ0n) is 13.5. The highest BCUT2D eigenvalue weighted by Crippen LogP contribution is 2.28. The van der Waals surface area contributed by atoms with Crippen molar-refractivity contribution >= 4 is 23.4 Å². The number of aromatic nitrogens is 2. The van der Waals surface area contributed by atoms with E-state index in [4.69, 9.17) is 0 Å². The van der Waals surface area contributed by atoms with E-state index in [2.05, 4.69) is 30.2 Å². The molecule has 0 spiro atoms. The molecule has 5 heteroatoms. The number of imidazole rings is 1. The first-order valence-electron chi connectivity index (χ1n) is 7.56. The summed E-state index contributed by atoms with van der Waals surface area (Å²) in [5.41, 5.74) is 2.10. The summed E-state index contributed by atoms with van der Waals surface area (Å²) in [5.74, 6) is 0.428. The highest BCUT2D eigenvalue weighted by Gasteiger charge is 2.18. The second kappa shape index (κ2) is 7.49. The molecule has 118 valence electrons. The first-order chi connectivity index (χ1) is 10.5. The minimum Gasteiger partial charge on any atom is -0.329 e. The largest absolute Gasteiger partial charge is 0.329 e. The number of amides is 1. The Bertz CT molecular complexity index is 638. The lowest BCUT2D eigenvalue weighted by Gasteiger charge is -2.17. The molecule has 0 aliphatic heterocycles. The van der Waals surface area contributed by atoms with Crippen LogP contribution in [0.1, 0.15) is 38.7 Å². The molecular formula is C17H23N3OS. The van der Waals surface area contributed by atoms with Crippen LogP contribution in [0.4, 0.5) is 5.69 Å². The zero-order valence-corrected chi connectivity index (χ0v) is 14.4. The van der Waals surface area contributed by atoms with Gasteiger partial charge in [0.15, 0.2) is 5.16 Å². The van der Waals surface area contributed by atoms with Crippen LogP contribution in [0, 0.1) is 0 Å². The molecular weight excluding hydrogens is 294 g/mol. The molecule has 0 aliphatic rings. The third kappa shape index (κ3) is 3.91. The van der Waals surface area contributed by atoms with Crippen molar-refractivity contribution in [3.05, 3.63) is 42.2 Å². The molecule has 1 amide bonds. The Labute approximate surface area is 136 Å². The number of rotatable bonds is 6. The molecule has 1 N–H and O–H groups in total. The van der Waals surface area contributed by atoms with Crippen LogP contribution in [0.2, 0.25) is 0 Å². The number of hydrogen-bond acceptors (Lipinski definition) is 3. The van der Waals surface area contributed by atoms with Crippen molar-refractivity contribution < 1.29 is 4.79 Å². The maximum atomic E-state index is 12.4. The summed E-state index contributed by atoms with van der Waals surface area (Å²) in [4.78, 5) is 16.7. The monoisotopic (exact) mass is 317 g/mol. The van der Waals surface area contributed by atoms with Gasteiger partial charge in [-0.2, -0.15) is 0 Å². The molecule has 0 saturated heterocycles. The summed E-state index contributed by atoms with van der Waals surface area (Å²) < 4.78 is 1.92. The number of para-hydroxylation sites is 1. The molecule has 2 unspecified atom stereocenters. The van der Waals surface area contributed by atoms with E-state index in [0.717, 1.165) is 17.3 Å². The topological polar surface area (TPSA) is 46.9 Å². The fourth-order valence-electron chi connectivity index (χ4n) is 2.17. The van der Waals surface area contributed by atoms with Gasteiger partial charge in [-0.1, -0.05) is 43.8 Å². The molecule has 2 atom stereocenters. The number of benzene rings is 1. The van der Waals surface area contributed by atoms with Gasteiger partial charge in [-0.15, -0.1) is 0 Å². The second-order valence-electron chi connectivity index (χ2n) is 5.47. The van der Waals surface area contributed by atoms with Crippen LogP contribution in [-0.4, -0.2) is 20.7 Å². The van der Waals surface area contributed by atoms with Crippen molar-refractivity contribution in [2.75, 3.05) is 5.32 Å². The standard InChI is InChI=1S/C17H23N3OS/c1-5-12(2)14-8-6-7-9-15(14)19-16(21)13(3)22-17-18-10-11-20(17)4/h6-13H,5H2,1-4H3,(H,19,21). The van der Waals surface area contributed by atoms with Crippen LogP contribution in [0.15, 0.2) is 41.8 Å². The third-order valence-corrected chi connectivity index (χ3v) is 4.96. The lowest BCUT2D eigenvalue weighted by molar-refractivity contribution is -0.115. The molecule has 1 heterocycles. The molecule has 2 rings (SSSR count). The van der Waals surface area contributed by atoms with Crippen LogP contribution < -0.4 is 5.32 Å². The quantitative estimate of drug-likeness (QED) is 0.818. The fraction of sp³-hybridized carbons (Fsp3) is 0.412. The van der Waals surface area contributed by atoms with Crippen molar-refractivity contribution in [1.29, 1.82) is 0 Å². The number of carbonyl (C=O) groups excluding carboxylic acids is 1. The van der Waals surface area contributed by atoms with E-state index < -0.39 is 0 Å². The highest BCUT2D eigenvalue weighted by molar-refractivity contribution is 8.00. The second-order valence-corrected chi connectivity index (χ2v) is 6.77. The fourth-order valence-corrected chi connectivity index (χ4v) is 3.00. The molecule has 22 heavy (non-hydrogen) atoms. The molecule has 0 radical (unpaired) electrons. The van der Waals surface area contributed by atoms with Gasteiger partial charge in [-0.05, 0) is 30.9 Å². The lowest BCUT2D eigenvalue weighted by atomic mass is 9.97. The number of hydrogen-bond donors (Lipinski definition) is 1. The summed E-state index contributed by atoms with van der Waals surface area (Å²) >= 11 is 1.46. The van der Waals surface area contributed by atoms with Crippen LogP contribution in [0.3, 0.4) is 0 Å². The Morgan fingerprint density at radius 1 is 1.36 bits per heavy atom. The van der Waals surface area contributed by atoms with E-state index >= 15 is 0 Å². The SMILES string of the molecule is CCC(C)c1ccccc1NC(=O)C(C)Sc1nccn1C. The minimum absolute atomic E-state index is 0.00348. The maximum Gasteiger partial charge on any atom is 0.237 e. The van der Waals surface area contributed by atoms with Gasteiger partial charge in [0.1, 0.15) is 0 Å². The number of nitrogens with one attached hydrogen (secondary N) is 1. The zero-order chi connectivity index (χ0) is 16.1. The smallest absolute Gasteiger partial charge is 0.237 e. The first kappa shape index (κ1) is 16.6. The summed E-state index contributed by atoms with van der Waals surface area (Å²) in [5, 5.41) is 3.70. The average Bonchev–Trinajstić information content (AvgIpc) is 2.92.